The maximum atomic E-state index is 9.56. The Morgan fingerprint density at radius 2 is 2.00 bits per heavy atom. The third-order valence-electron chi connectivity index (χ3n) is 3.34. The molecule has 2 nitrogen and oxygen atoms in total. The van der Waals surface area contributed by atoms with Gasteiger partial charge in [-0.05, 0) is 44.2 Å². The van der Waals surface area contributed by atoms with E-state index in [9.17, 15) is 5.11 Å². The molecule has 0 unspecified atom stereocenters. The molecule has 0 heterocycles. The van der Waals surface area contributed by atoms with Crippen molar-refractivity contribution in [3.63, 3.8) is 0 Å². The highest BCUT2D eigenvalue weighted by atomic mass is 16.3. The SMILES string of the molecule is O[C@@H]1CCC[C@H](NCCc2ccccc2)C1. The summed E-state index contributed by atoms with van der Waals surface area (Å²) < 4.78 is 0. The summed E-state index contributed by atoms with van der Waals surface area (Å²) in [5, 5.41) is 13.1. The van der Waals surface area contributed by atoms with Gasteiger partial charge >= 0.3 is 0 Å². The van der Waals surface area contributed by atoms with E-state index in [0.29, 0.717) is 6.04 Å². The highest BCUT2D eigenvalue weighted by Crippen LogP contribution is 2.18. The molecule has 0 bridgehead atoms. The van der Waals surface area contributed by atoms with Crippen LogP contribution in [0.4, 0.5) is 0 Å². The summed E-state index contributed by atoms with van der Waals surface area (Å²) in [5.41, 5.74) is 1.38. The molecule has 0 aliphatic heterocycles. The van der Waals surface area contributed by atoms with Crippen LogP contribution in [0.2, 0.25) is 0 Å². The predicted molar refractivity (Wildman–Crippen MR) is 66.4 cm³/mol. The molecule has 88 valence electrons. The zero-order valence-electron chi connectivity index (χ0n) is 9.73. The molecule has 1 fully saturated rings. The number of aliphatic hydroxyl groups excluding tert-OH is 1. The van der Waals surface area contributed by atoms with Crippen molar-refractivity contribution in [2.24, 2.45) is 0 Å². The monoisotopic (exact) mass is 219 g/mol. The molecule has 2 atom stereocenters. The Hall–Kier alpha value is -0.860. The molecule has 0 aromatic heterocycles. The normalized spacial score (nSPS) is 25.6. The summed E-state index contributed by atoms with van der Waals surface area (Å²) >= 11 is 0. The van der Waals surface area contributed by atoms with Gasteiger partial charge in [0.15, 0.2) is 0 Å². The van der Waals surface area contributed by atoms with Crippen LogP contribution >= 0.6 is 0 Å². The Bertz CT molecular complexity index is 299. The topological polar surface area (TPSA) is 32.3 Å². The van der Waals surface area contributed by atoms with Crippen LogP contribution in [0.5, 0.6) is 0 Å². The molecule has 0 spiro atoms. The fourth-order valence-corrected chi connectivity index (χ4v) is 2.41. The van der Waals surface area contributed by atoms with Crippen LogP contribution in [-0.4, -0.2) is 23.8 Å². The van der Waals surface area contributed by atoms with Gasteiger partial charge in [0.05, 0.1) is 6.10 Å². The van der Waals surface area contributed by atoms with Gasteiger partial charge in [-0.1, -0.05) is 30.3 Å². The Labute approximate surface area is 97.7 Å². The maximum Gasteiger partial charge on any atom is 0.0555 e. The van der Waals surface area contributed by atoms with Crippen LogP contribution in [-0.2, 0) is 6.42 Å². The van der Waals surface area contributed by atoms with Gasteiger partial charge < -0.3 is 10.4 Å². The molecule has 0 amide bonds. The average Bonchev–Trinajstić information content (AvgIpc) is 2.30. The minimum absolute atomic E-state index is 0.0806. The van der Waals surface area contributed by atoms with Gasteiger partial charge in [0, 0.05) is 6.04 Å². The molecule has 2 N–H and O–H groups in total. The summed E-state index contributed by atoms with van der Waals surface area (Å²) in [6, 6.07) is 11.1. The van der Waals surface area contributed by atoms with Crippen molar-refractivity contribution in [1.29, 1.82) is 0 Å². The first-order valence-electron chi connectivity index (χ1n) is 6.30. The Morgan fingerprint density at radius 3 is 2.75 bits per heavy atom. The van der Waals surface area contributed by atoms with Crippen LogP contribution < -0.4 is 5.32 Å². The smallest absolute Gasteiger partial charge is 0.0555 e. The fourth-order valence-electron chi connectivity index (χ4n) is 2.41. The summed E-state index contributed by atoms with van der Waals surface area (Å²) in [6.07, 6.45) is 5.28. The van der Waals surface area contributed by atoms with Crippen molar-refractivity contribution in [1.82, 2.24) is 5.32 Å². The number of hydrogen-bond acceptors (Lipinski definition) is 2. The van der Waals surface area contributed by atoms with Gasteiger partial charge in [-0.15, -0.1) is 0 Å². The van der Waals surface area contributed by atoms with E-state index >= 15 is 0 Å². The molecular weight excluding hydrogens is 198 g/mol. The second kappa shape index (κ2) is 6.02. The lowest BCUT2D eigenvalue weighted by Gasteiger charge is -2.26. The zero-order valence-corrected chi connectivity index (χ0v) is 9.73. The first-order valence-corrected chi connectivity index (χ1v) is 6.30. The van der Waals surface area contributed by atoms with Crippen molar-refractivity contribution in [3.05, 3.63) is 35.9 Å². The molecule has 0 saturated heterocycles. The number of aliphatic hydroxyl groups is 1. The van der Waals surface area contributed by atoms with Crippen LogP contribution in [0.15, 0.2) is 30.3 Å². The van der Waals surface area contributed by atoms with Crippen molar-refractivity contribution in [3.8, 4) is 0 Å². The number of hydrogen-bond donors (Lipinski definition) is 2. The molecular formula is C14H21NO. The number of nitrogens with one attached hydrogen (secondary N) is 1. The van der Waals surface area contributed by atoms with Crippen LogP contribution in [0.25, 0.3) is 0 Å². The van der Waals surface area contributed by atoms with Crippen LogP contribution in [0.1, 0.15) is 31.2 Å². The van der Waals surface area contributed by atoms with E-state index in [1.807, 2.05) is 0 Å². The van der Waals surface area contributed by atoms with E-state index < -0.39 is 0 Å². The van der Waals surface area contributed by atoms with Crippen molar-refractivity contribution in [2.75, 3.05) is 6.54 Å². The molecule has 16 heavy (non-hydrogen) atoms. The lowest BCUT2D eigenvalue weighted by atomic mass is 9.93. The molecule has 2 rings (SSSR count). The molecule has 1 aliphatic carbocycles. The van der Waals surface area contributed by atoms with Gasteiger partial charge in [0.2, 0.25) is 0 Å². The quantitative estimate of drug-likeness (QED) is 0.813. The first-order chi connectivity index (χ1) is 7.84. The van der Waals surface area contributed by atoms with E-state index in [2.05, 4.69) is 35.6 Å². The first kappa shape index (κ1) is 11.6. The second-order valence-electron chi connectivity index (χ2n) is 4.71. The third-order valence-corrected chi connectivity index (χ3v) is 3.34. The van der Waals surface area contributed by atoms with E-state index in [1.54, 1.807) is 0 Å². The number of rotatable bonds is 4. The Morgan fingerprint density at radius 1 is 1.19 bits per heavy atom. The van der Waals surface area contributed by atoms with Gasteiger partial charge in [0.25, 0.3) is 0 Å². The minimum atomic E-state index is -0.0806. The van der Waals surface area contributed by atoms with Crippen LogP contribution in [0.3, 0.4) is 0 Å². The van der Waals surface area contributed by atoms with E-state index in [4.69, 9.17) is 0 Å². The summed E-state index contributed by atoms with van der Waals surface area (Å²) in [7, 11) is 0. The molecule has 2 heteroatoms. The highest BCUT2D eigenvalue weighted by molar-refractivity contribution is 5.14. The zero-order chi connectivity index (χ0) is 11.2. The van der Waals surface area contributed by atoms with Gasteiger partial charge in [-0.25, -0.2) is 0 Å². The maximum absolute atomic E-state index is 9.56. The van der Waals surface area contributed by atoms with E-state index in [1.165, 1.54) is 12.0 Å². The molecule has 1 aromatic rings. The lowest BCUT2D eigenvalue weighted by Crippen LogP contribution is -2.37. The second-order valence-corrected chi connectivity index (χ2v) is 4.71. The van der Waals surface area contributed by atoms with Crippen molar-refractivity contribution in [2.45, 2.75) is 44.2 Å². The lowest BCUT2D eigenvalue weighted by molar-refractivity contribution is 0.112. The number of benzene rings is 1. The van der Waals surface area contributed by atoms with Crippen molar-refractivity contribution >= 4 is 0 Å². The molecule has 0 radical (unpaired) electrons. The van der Waals surface area contributed by atoms with E-state index in [-0.39, 0.29) is 6.10 Å². The third kappa shape index (κ3) is 3.62. The average molecular weight is 219 g/mol. The van der Waals surface area contributed by atoms with E-state index in [0.717, 1.165) is 32.2 Å². The van der Waals surface area contributed by atoms with Gasteiger partial charge in [-0.3, -0.25) is 0 Å². The highest BCUT2D eigenvalue weighted by Gasteiger charge is 2.18. The summed E-state index contributed by atoms with van der Waals surface area (Å²) in [6.45, 7) is 1.02. The summed E-state index contributed by atoms with van der Waals surface area (Å²) in [4.78, 5) is 0. The standard InChI is InChI=1S/C14H21NO/c16-14-8-4-7-13(11-14)15-10-9-12-5-2-1-3-6-12/h1-3,5-6,13-16H,4,7-11H2/t13-,14+/m0/s1. The fraction of sp³-hybridized carbons (Fsp3) is 0.571. The van der Waals surface area contributed by atoms with Gasteiger partial charge in [-0.2, -0.15) is 0 Å². The Balaban J connectivity index is 1.68. The Kier molecular flexibility index (Phi) is 4.37. The molecule has 1 aliphatic rings. The van der Waals surface area contributed by atoms with Crippen molar-refractivity contribution < 1.29 is 5.11 Å². The largest absolute Gasteiger partial charge is 0.393 e. The molecule has 1 aromatic carbocycles. The summed E-state index contributed by atoms with van der Waals surface area (Å²) in [5.74, 6) is 0. The molecule has 1 saturated carbocycles. The van der Waals surface area contributed by atoms with Crippen LogP contribution in [0, 0.1) is 0 Å². The van der Waals surface area contributed by atoms with Gasteiger partial charge in [0.1, 0.15) is 0 Å². The predicted octanol–water partition coefficient (Wildman–Crippen LogP) is 2.12. The minimum Gasteiger partial charge on any atom is -0.393 e.